The summed E-state index contributed by atoms with van der Waals surface area (Å²) in [6, 6.07) is 3.53. The molecule has 0 aromatic carbocycles. The lowest BCUT2D eigenvalue weighted by Crippen LogP contribution is -2.34. The molecular formula is C12H15Cl2N3O. The number of hydrogen-bond acceptors (Lipinski definition) is 3. The molecule has 0 bridgehead atoms. The Labute approximate surface area is 116 Å². The summed E-state index contributed by atoms with van der Waals surface area (Å²) in [6.45, 7) is 1.50. The van der Waals surface area contributed by atoms with E-state index in [9.17, 15) is 4.79 Å². The Balaban J connectivity index is 2.12. The molecule has 1 atom stereocenters. The van der Waals surface area contributed by atoms with E-state index in [1.165, 1.54) is 0 Å². The van der Waals surface area contributed by atoms with Crippen LogP contribution in [0.1, 0.15) is 16.8 Å². The van der Waals surface area contributed by atoms with Crippen molar-refractivity contribution in [2.24, 2.45) is 0 Å². The zero-order valence-corrected chi connectivity index (χ0v) is 11.9. The molecule has 1 aliphatic rings. The van der Waals surface area contributed by atoms with Crippen LogP contribution in [0.3, 0.4) is 0 Å². The van der Waals surface area contributed by atoms with Gasteiger partial charge in [0.05, 0.1) is 0 Å². The van der Waals surface area contributed by atoms with Crippen LogP contribution in [-0.2, 0) is 0 Å². The molecule has 1 aliphatic heterocycles. The molecule has 1 fully saturated rings. The number of nitrogens with zero attached hydrogens (tertiary/aromatic N) is 3. The third kappa shape index (κ3) is 2.94. The van der Waals surface area contributed by atoms with Crippen LogP contribution in [0.25, 0.3) is 0 Å². The maximum absolute atomic E-state index is 12.3. The molecule has 1 aromatic rings. The fraction of sp³-hybridized carbons (Fsp3) is 0.500. The van der Waals surface area contributed by atoms with Gasteiger partial charge in [0.2, 0.25) is 0 Å². The van der Waals surface area contributed by atoms with Crippen molar-refractivity contribution < 1.29 is 4.79 Å². The van der Waals surface area contributed by atoms with Crippen molar-refractivity contribution in [1.29, 1.82) is 0 Å². The molecule has 1 aromatic heterocycles. The van der Waals surface area contributed by atoms with E-state index in [4.69, 9.17) is 23.2 Å². The van der Waals surface area contributed by atoms with Gasteiger partial charge in [-0.3, -0.25) is 4.79 Å². The Morgan fingerprint density at radius 2 is 2.00 bits per heavy atom. The number of likely N-dealkylation sites (N-methyl/N-ethyl adjacent to an activating group) is 1. The van der Waals surface area contributed by atoms with Crippen LogP contribution < -0.4 is 0 Å². The molecule has 2 heterocycles. The fourth-order valence-corrected chi connectivity index (χ4v) is 2.58. The van der Waals surface area contributed by atoms with E-state index in [1.807, 2.05) is 19.0 Å². The summed E-state index contributed by atoms with van der Waals surface area (Å²) in [4.78, 5) is 20.1. The van der Waals surface area contributed by atoms with Gasteiger partial charge in [-0.25, -0.2) is 4.98 Å². The maximum atomic E-state index is 12.3. The third-order valence-electron chi connectivity index (χ3n) is 3.19. The van der Waals surface area contributed by atoms with Crippen molar-refractivity contribution in [3.05, 3.63) is 28.0 Å². The second-order valence-electron chi connectivity index (χ2n) is 4.66. The van der Waals surface area contributed by atoms with E-state index < -0.39 is 0 Å². The number of hydrogen-bond donors (Lipinski definition) is 0. The van der Waals surface area contributed by atoms with Gasteiger partial charge in [0.25, 0.3) is 5.91 Å². The van der Waals surface area contributed by atoms with Crippen molar-refractivity contribution >= 4 is 29.1 Å². The third-order valence-corrected chi connectivity index (χ3v) is 3.58. The number of halogens is 2. The van der Waals surface area contributed by atoms with Gasteiger partial charge >= 0.3 is 0 Å². The van der Waals surface area contributed by atoms with Gasteiger partial charge in [-0.2, -0.15) is 0 Å². The Hall–Kier alpha value is -0.840. The number of likely N-dealkylation sites (tertiary alicyclic amines) is 1. The van der Waals surface area contributed by atoms with Gasteiger partial charge in [-0.1, -0.05) is 23.2 Å². The van der Waals surface area contributed by atoms with Crippen LogP contribution in [0, 0.1) is 0 Å². The van der Waals surface area contributed by atoms with Gasteiger partial charge < -0.3 is 9.80 Å². The van der Waals surface area contributed by atoms with Crippen molar-refractivity contribution in [3.8, 4) is 0 Å². The SMILES string of the molecule is CN(C)C1CCN(C(=O)c2cc(Cl)nc(Cl)c2)C1. The van der Waals surface area contributed by atoms with E-state index in [1.54, 1.807) is 12.1 Å². The first-order chi connectivity index (χ1) is 8.47. The summed E-state index contributed by atoms with van der Waals surface area (Å²) in [5, 5.41) is 0.489. The Morgan fingerprint density at radius 1 is 1.39 bits per heavy atom. The number of aromatic nitrogens is 1. The minimum absolute atomic E-state index is 0.0365. The van der Waals surface area contributed by atoms with Crippen LogP contribution in [0.2, 0.25) is 10.3 Å². The molecule has 2 rings (SSSR count). The Kier molecular flexibility index (Phi) is 4.10. The standard InChI is InChI=1S/C12H15Cl2N3O/c1-16(2)9-3-4-17(7-9)12(18)8-5-10(13)15-11(14)6-8/h5-6,9H,3-4,7H2,1-2H3. The highest BCUT2D eigenvalue weighted by atomic mass is 35.5. The summed E-state index contributed by atoms with van der Waals surface area (Å²) >= 11 is 11.6. The maximum Gasteiger partial charge on any atom is 0.254 e. The van der Waals surface area contributed by atoms with Crippen molar-refractivity contribution in [3.63, 3.8) is 0 Å². The van der Waals surface area contributed by atoms with Crippen LogP contribution >= 0.6 is 23.2 Å². The molecule has 0 radical (unpaired) electrons. The topological polar surface area (TPSA) is 36.4 Å². The first-order valence-electron chi connectivity index (χ1n) is 5.76. The molecule has 0 spiro atoms. The molecule has 1 saturated heterocycles. The minimum Gasteiger partial charge on any atom is -0.337 e. The highest BCUT2D eigenvalue weighted by Crippen LogP contribution is 2.20. The van der Waals surface area contributed by atoms with E-state index in [2.05, 4.69) is 9.88 Å². The summed E-state index contributed by atoms with van der Waals surface area (Å²) in [6.07, 6.45) is 0.991. The average Bonchev–Trinajstić information content (AvgIpc) is 2.75. The lowest BCUT2D eigenvalue weighted by atomic mass is 10.2. The lowest BCUT2D eigenvalue weighted by molar-refractivity contribution is 0.0783. The number of amides is 1. The van der Waals surface area contributed by atoms with E-state index in [-0.39, 0.29) is 16.2 Å². The normalized spacial score (nSPS) is 19.6. The van der Waals surface area contributed by atoms with Gasteiger partial charge in [-0.15, -0.1) is 0 Å². The molecule has 18 heavy (non-hydrogen) atoms. The van der Waals surface area contributed by atoms with Crippen molar-refractivity contribution in [1.82, 2.24) is 14.8 Å². The number of rotatable bonds is 2. The first kappa shape index (κ1) is 13.6. The molecule has 1 unspecified atom stereocenters. The molecule has 1 amide bonds. The molecule has 4 nitrogen and oxygen atoms in total. The Bertz CT molecular complexity index is 444. The van der Waals surface area contributed by atoms with Gasteiger partial charge in [-0.05, 0) is 32.6 Å². The van der Waals surface area contributed by atoms with Crippen LogP contribution in [0.4, 0.5) is 0 Å². The van der Waals surface area contributed by atoms with Crippen molar-refractivity contribution in [2.45, 2.75) is 12.5 Å². The molecule has 0 saturated carbocycles. The smallest absolute Gasteiger partial charge is 0.254 e. The van der Waals surface area contributed by atoms with Crippen molar-refractivity contribution in [2.75, 3.05) is 27.2 Å². The van der Waals surface area contributed by atoms with E-state index in [0.717, 1.165) is 19.5 Å². The van der Waals surface area contributed by atoms with Crippen LogP contribution in [0.5, 0.6) is 0 Å². The summed E-state index contributed by atoms with van der Waals surface area (Å²) in [5.41, 5.74) is 0.499. The Morgan fingerprint density at radius 3 is 2.50 bits per heavy atom. The molecular weight excluding hydrogens is 273 g/mol. The highest BCUT2D eigenvalue weighted by molar-refractivity contribution is 6.33. The molecule has 0 aliphatic carbocycles. The quantitative estimate of drug-likeness (QED) is 0.783. The summed E-state index contributed by atoms with van der Waals surface area (Å²) in [5.74, 6) is -0.0365. The van der Waals surface area contributed by atoms with E-state index in [0.29, 0.717) is 11.6 Å². The number of carbonyl (C=O) groups excluding carboxylic acids is 1. The molecule has 6 heteroatoms. The second-order valence-corrected chi connectivity index (χ2v) is 5.43. The molecule has 98 valence electrons. The molecule has 0 N–H and O–H groups in total. The highest BCUT2D eigenvalue weighted by Gasteiger charge is 2.28. The second kappa shape index (κ2) is 5.43. The van der Waals surface area contributed by atoms with E-state index >= 15 is 0 Å². The predicted octanol–water partition coefficient (Wildman–Crippen LogP) is 2.16. The zero-order chi connectivity index (χ0) is 13.3. The minimum atomic E-state index is -0.0365. The predicted molar refractivity (Wildman–Crippen MR) is 72.3 cm³/mol. The lowest BCUT2D eigenvalue weighted by Gasteiger charge is -2.20. The summed E-state index contributed by atoms with van der Waals surface area (Å²) < 4.78 is 0. The van der Waals surface area contributed by atoms with Crippen LogP contribution in [0.15, 0.2) is 12.1 Å². The van der Waals surface area contributed by atoms with Gasteiger partial charge in [0, 0.05) is 24.7 Å². The van der Waals surface area contributed by atoms with Gasteiger partial charge in [0.1, 0.15) is 10.3 Å². The zero-order valence-electron chi connectivity index (χ0n) is 10.4. The van der Waals surface area contributed by atoms with Crippen LogP contribution in [-0.4, -0.2) is 53.9 Å². The fourth-order valence-electron chi connectivity index (χ4n) is 2.12. The average molecular weight is 288 g/mol. The first-order valence-corrected chi connectivity index (χ1v) is 6.52. The number of pyridine rings is 1. The number of carbonyl (C=O) groups is 1. The van der Waals surface area contributed by atoms with Gasteiger partial charge in [0.15, 0.2) is 0 Å². The monoisotopic (exact) mass is 287 g/mol. The largest absolute Gasteiger partial charge is 0.337 e. The summed E-state index contributed by atoms with van der Waals surface area (Å²) in [7, 11) is 4.05.